The lowest BCUT2D eigenvalue weighted by Gasteiger charge is -2.08. The maximum absolute atomic E-state index is 12.6. The lowest BCUT2D eigenvalue weighted by atomic mass is 10.3. The van der Waals surface area contributed by atoms with E-state index in [0.717, 1.165) is 15.9 Å². The SMILES string of the molecule is O=C(CSc1nccn1-c1cccc(Cl)c1)OCc1cc(=O)n2c(n1)sc1ccccc12. The molecule has 3 heterocycles. The first-order chi connectivity index (χ1) is 15.6. The van der Waals surface area contributed by atoms with E-state index in [-0.39, 0.29) is 17.9 Å². The molecule has 5 rings (SSSR count). The van der Waals surface area contributed by atoms with Gasteiger partial charge in [0.25, 0.3) is 5.56 Å². The van der Waals surface area contributed by atoms with Crippen LogP contribution in [-0.4, -0.2) is 30.7 Å². The van der Waals surface area contributed by atoms with Crippen molar-refractivity contribution in [3.63, 3.8) is 0 Å². The van der Waals surface area contributed by atoms with Gasteiger partial charge >= 0.3 is 5.97 Å². The molecule has 10 heteroatoms. The second-order valence-electron chi connectivity index (χ2n) is 6.78. The highest BCUT2D eigenvalue weighted by Crippen LogP contribution is 2.24. The minimum absolute atomic E-state index is 0.0673. The van der Waals surface area contributed by atoms with Crippen LogP contribution in [0.1, 0.15) is 5.69 Å². The zero-order valence-corrected chi connectivity index (χ0v) is 18.9. The van der Waals surface area contributed by atoms with Crippen molar-refractivity contribution < 1.29 is 9.53 Å². The van der Waals surface area contributed by atoms with E-state index in [2.05, 4.69) is 9.97 Å². The molecular weight excluding hydrogens is 468 g/mol. The number of aromatic nitrogens is 4. The van der Waals surface area contributed by atoms with E-state index in [1.165, 1.54) is 29.2 Å². The lowest BCUT2D eigenvalue weighted by Crippen LogP contribution is -2.15. The van der Waals surface area contributed by atoms with Gasteiger partial charge in [0.05, 0.1) is 21.7 Å². The Labute approximate surface area is 195 Å². The van der Waals surface area contributed by atoms with Gasteiger partial charge < -0.3 is 4.74 Å². The van der Waals surface area contributed by atoms with Crippen molar-refractivity contribution in [2.75, 3.05) is 5.75 Å². The molecule has 7 nitrogen and oxygen atoms in total. The summed E-state index contributed by atoms with van der Waals surface area (Å²) in [4.78, 5) is 34.2. The van der Waals surface area contributed by atoms with Gasteiger partial charge in [-0.3, -0.25) is 18.6 Å². The third kappa shape index (κ3) is 4.14. The molecule has 0 atom stereocenters. The Kier molecular flexibility index (Phi) is 5.69. The quantitative estimate of drug-likeness (QED) is 0.260. The van der Waals surface area contributed by atoms with Crippen molar-refractivity contribution in [3.8, 4) is 5.69 Å². The number of thiazole rings is 1. The van der Waals surface area contributed by atoms with Gasteiger partial charge in [-0.2, -0.15) is 0 Å². The molecule has 0 bridgehead atoms. The van der Waals surface area contributed by atoms with Crippen LogP contribution in [0.25, 0.3) is 20.9 Å². The van der Waals surface area contributed by atoms with Gasteiger partial charge in [0.1, 0.15) is 6.61 Å². The number of imidazole rings is 1. The Bertz CT molecular complexity index is 1510. The maximum Gasteiger partial charge on any atom is 0.316 e. The number of hydrogen-bond acceptors (Lipinski definition) is 7. The smallest absolute Gasteiger partial charge is 0.316 e. The fourth-order valence-electron chi connectivity index (χ4n) is 3.24. The van der Waals surface area contributed by atoms with Crippen molar-refractivity contribution in [3.05, 3.63) is 88.1 Å². The van der Waals surface area contributed by atoms with E-state index in [1.807, 2.05) is 47.0 Å². The number of carbonyl (C=O) groups excluding carboxylic acids is 1. The van der Waals surface area contributed by atoms with Crippen LogP contribution in [0.2, 0.25) is 5.02 Å². The highest BCUT2D eigenvalue weighted by atomic mass is 35.5. The first kappa shape index (κ1) is 20.7. The third-order valence-corrected chi connectivity index (χ3v) is 6.84. The standard InChI is InChI=1S/C22H15ClN4O3S2/c23-14-4-3-5-16(10-14)26-9-8-24-21(26)31-13-20(29)30-12-15-11-19(28)27-17-6-1-2-7-18(17)32-22(27)25-15/h1-11H,12-13H2. The number of ether oxygens (including phenoxy) is 1. The van der Waals surface area contributed by atoms with Crippen LogP contribution in [0.4, 0.5) is 0 Å². The summed E-state index contributed by atoms with van der Waals surface area (Å²) < 4.78 is 9.73. The average Bonchev–Trinajstić information content (AvgIpc) is 3.40. The van der Waals surface area contributed by atoms with Gasteiger partial charge in [0, 0.05) is 29.2 Å². The number of halogens is 1. The first-order valence-corrected chi connectivity index (χ1v) is 11.7. The lowest BCUT2D eigenvalue weighted by molar-refractivity contribution is -0.141. The number of fused-ring (bicyclic) bond motifs is 3. The molecule has 0 N–H and O–H groups in total. The molecule has 0 amide bonds. The van der Waals surface area contributed by atoms with Crippen molar-refractivity contribution in [2.45, 2.75) is 11.8 Å². The van der Waals surface area contributed by atoms with E-state index < -0.39 is 5.97 Å². The number of thioether (sulfide) groups is 1. The predicted octanol–water partition coefficient (Wildman–Crippen LogP) is 4.58. The molecule has 5 aromatic rings. The van der Waals surface area contributed by atoms with Gasteiger partial charge in [0.15, 0.2) is 10.1 Å². The third-order valence-electron chi connectivity index (χ3n) is 4.64. The molecule has 0 fully saturated rings. The fourth-order valence-corrected chi connectivity index (χ4v) is 5.24. The number of hydrogen-bond donors (Lipinski definition) is 0. The molecule has 2 aromatic carbocycles. The van der Waals surface area contributed by atoms with E-state index in [4.69, 9.17) is 16.3 Å². The number of carbonyl (C=O) groups is 1. The summed E-state index contributed by atoms with van der Waals surface area (Å²) in [7, 11) is 0. The number of benzene rings is 2. The second kappa shape index (κ2) is 8.78. The van der Waals surface area contributed by atoms with Crippen LogP contribution in [-0.2, 0) is 16.1 Å². The first-order valence-electron chi connectivity index (χ1n) is 9.56. The zero-order chi connectivity index (χ0) is 22.1. The number of para-hydroxylation sites is 1. The fraction of sp³-hybridized carbons (Fsp3) is 0.0909. The molecule has 3 aromatic heterocycles. The predicted molar refractivity (Wildman–Crippen MR) is 126 cm³/mol. The van der Waals surface area contributed by atoms with Crippen LogP contribution in [0.5, 0.6) is 0 Å². The van der Waals surface area contributed by atoms with E-state index in [1.54, 1.807) is 22.9 Å². The molecule has 0 spiro atoms. The van der Waals surface area contributed by atoms with Crippen LogP contribution in [0.15, 0.2) is 76.9 Å². The van der Waals surface area contributed by atoms with Crippen LogP contribution in [0, 0.1) is 0 Å². The number of rotatable bonds is 6. The molecule has 0 saturated heterocycles. The van der Waals surface area contributed by atoms with Crippen LogP contribution < -0.4 is 5.56 Å². The molecule has 0 aliphatic heterocycles. The molecule has 160 valence electrons. The molecular formula is C22H15ClN4O3S2. The Morgan fingerprint density at radius 2 is 2.03 bits per heavy atom. The van der Waals surface area contributed by atoms with Crippen molar-refractivity contribution >= 4 is 55.8 Å². The Morgan fingerprint density at radius 3 is 2.91 bits per heavy atom. The summed E-state index contributed by atoms with van der Waals surface area (Å²) in [6.45, 7) is -0.0673. The Morgan fingerprint density at radius 1 is 1.16 bits per heavy atom. The van der Waals surface area contributed by atoms with E-state index in [9.17, 15) is 9.59 Å². The van der Waals surface area contributed by atoms with Gasteiger partial charge in [-0.15, -0.1) is 0 Å². The van der Waals surface area contributed by atoms with Gasteiger partial charge in [-0.1, -0.05) is 52.9 Å². The highest BCUT2D eigenvalue weighted by molar-refractivity contribution is 7.99. The Balaban J connectivity index is 1.25. The second-order valence-corrected chi connectivity index (χ2v) is 9.17. The average molecular weight is 483 g/mol. The molecule has 0 saturated carbocycles. The molecule has 0 aliphatic carbocycles. The number of esters is 1. The van der Waals surface area contributed by atoms with Gasteiger partial charge in [-0.05, 0) is 30.3 Å². The van der Waals surface area contributed by atoms with Gasteiger partial charge in [0.2, 0.25) is 0 Å². The summed E-state index contributed by atoms with van der Waals surface area (Å²) >= 11 is 8.74. The topological polar surface area (TPSA) is 78.5 Å². The van der Waals surface area contributed by atoms with Crippen molar-refractivity contribution in [2.24, 2.45) is 0 Å². The van der Waals surface area contributed by atoms with Crippen LogP contribution in [0.3, 0.4) is 0 Å². The largest absolute Gasteiger partial charge is 0.459 e. The summed E-state index contributed by atoms with van der Waals surface area (Å²) in [5.74, 6) is -0.351. The molecule has 0 aliphatic rings. The number of nitrogens with zero attached hydrogens (tertiary/aromatic N) is 4. The summed E-state index contributed by atoms with van der Waals surface area (Å²) in [6.07, 6.45) is 3.46. The maximum atomic E-state index is 12.6. The van der Waals surface area contributed by atoms with E-state index >= 15 is 0 Å². The van der Waals surface area contributed by atoms with E-state index in [0.29, 0.717) is 20.8 Å². The minimum atomic E-state index is -0.422. The highest BCUT2D eigenvalue weighted by Gasteiger charge is 2.13. The molecule has 0 radical (unpaired) electrons. The zero-order valence-electron chi connectivity index (χ0n) is 16.5. The van der Waals surface area contributed by atoms with Crippen molar-refractivity contribution in [1.82, 2.24) is 18.9 Å². The summed E-state index contributed by atoms with van der Waals surface area (Å²) in [5, 5.41) is 1.26. The molecule has 0 unspecified atom stereocenters. The monoisotopic (exact) mass is 482 g/mol. The summed E-state index contributed by atoms with van der Waals surface area (Å²) in [5.41, 5.74) is 1.89. The Hall–Kier alpha value is -3.14. The molecule has 32 heavy (non-hydrogen) atoms. The van der Waals surface area contributed by atoms with Crippen molar-refractivity contribution in [1.29, 1.82) is 0 Å². The minimum Gasteiger partial charge on any atom is -0.459 e. The van der Waals surface area contributed by atoms with Gasteiger partial charge in [-0.25, -0.2) is 9.97 Å². The summed E-state index contributed by atoms with van der Waals surface area (Å²) in [6, 6.07) is 16.4. The normalized spacial score (nSPS) is 11.3. The van der Waals surface area contributed by atoms with Crippen LogP contribution >= 0.6 is 34.7 Å².